The second-order valence-corrected chi connectivity index (χ2v) is 3.55. The van der Waals surface area contributed by atoms with E-state index in [1.165, 1.54) is 7.11 Å². The van der Waals surface area contributed by atoms with Gasteiger partial charge in [0.2, 0.25) is 0 Å². The van der Waals surface area contributed by atoms with Gasteiger partial charge in [0.1, 0.15) is 0 Å². The predicted octanol–water partition coefficient (Wildman–Crippen LogP) is 1.76. The van der Waals surface area contributed by atoms with Crippen molar-refractivity contribution in [2.24, 2.45) is 0 Å². The van der Waals surface area contributed by atoms with Crippen LogP contribution in [0.3, 0.4) is 0 Å². The third-order valence-corrected chi connectivity index (χ3v) is 2.36. The third kappa shape index (κ3) is 4.08. The number of nitrogens with one attached hydrogen (secondary N) is 1. The minimum atomic E-state index is -0.451. The van der Waals surface area contributed by atoms with E-state index in [0.717, 1.165) is 5.56 Å². The fraction of sp³-hybridized carbons (Fsp3) is 0.385. The highest BCUT2D eigenvalue weighted by atomic mass is 16.5. The van der Waals surface area contributed by atoms with E-state index in [1.807, 2.05) is 12.1 Å². The average Bonchev–Trinajstić information content (AvgIpc) is 2.39. The topological polar surface area (TPSA) is 64.6 Å². The van der Waals surface area contributed by atoms with Crippen molar-refractivity contribution in [3.8, 4) is 0 Å². The van der Waals surface area contributed by atoms with Gasteiger partial charge in [0, 0.05) is 6.54 Å². The van der Waals surface area contributed by atoms with E-state index in [1.54, 1.807) is 19.1 Å². The number of carbonyl (C=O) groups excluding carboxylic acids is 2. The SMILES string of the molecule is CCOC(=O)NCCc1ccccc1C(=O)OC. The van der Waals surface area contributed by atoms with Crippen LogP contribution in [-0.2, 0) is 15.9 Å². The Hall–Kier alpha value is -2.04. The van der Waals surface area contributed by atoms with Crippen LogP contribution in [0, 0.1) is 0 Å². The molecule has 0 spiro atoms. The van der Waals surface area contributed by atoms with E-state index >= 15 is 0 Å². The van der Waals surface area contributed by atoms with Gasteiger partial charge >= 0.3 is 12.1 Å². The lowest BCUT2D eigenvalue weighted by atomic mass is 10.0. The first kappa shape index (κ1) is 14.0. The summed E-state index contributed by atoms with van der Waals surface area (Å²) in [6.07, 6.45) is 0.0948. The molecule has 0 unspecified atom stereocenters. The van der Waals surface area contributed by atoms with Gasteiger partial charge in [-0.05, 0) is 25.0 Å². The second-order valence-electron chi connectivity index (χ2n) is 3.55. The summed E-state index contributed by atoms with van der Waals surface area (Å²) in [5, 5.41) is 2.60. The fourth-order valence-electron chi connectivity index (χ4n) is 1.53. The summed E-state index contributed by atoms with van der Waals surface area (Å²) in [5.41, 5.74) is 1.35. The van der Waals surface area contributed by atoms with Crippen LogP contribution in [0.5, 0.6) is 0 Å². The van der Waals surface area contributed by atoms with Gasteiger partial charge in [-0.1, -0.05) is 18.2 Å². The molecule has 0 saturated heterocycles. The molecule has 0 atom stereocenters. The number of esters is 1. The van der Waals surface area contributed by atoms with Crippen molar-refractivity contribution >= 4 is 12.1 Å². The molecule has 0 aliphatic carbocycles. The normalized spacial score (nSPS) is 9.67. The number of hydrogen-bond donors (Lipinski definition) is 1. The molecule has 0 aliphatic rings. The van der Waals surface area contributed by atoms with Crippen LogP contribution in [0.2, 0.25) is 0 Å². The predicted molar refractivity (Wildman–Crippen MR) is 66.5 cm³/mol. The minimum Gasteiger partial charge on any atom is -0.465 e. The molecule has 1 amide bonds. The van der Waals surface area contributed by atoms with Gasteiger partial charge < -0.3 is 14.8 Å². The van der Waals surface area contributed by atoms with Crippen LogP contribution in [-0.4, -0.2) is 32.3 Å². The van der Waals surface area contributed by atoms with Crippen molar-refractivity contribution in [1.82, 2.24) is 5.32 Å². The van der Waals surface area contributed by atoms with Crippen LogP contribution < -0.4 is 5.32 Å². The molecular formula is C13H17NO4. The molecule has 5 nitrogen and oxygen atoms in total. The van der Waals surface area contributed by atoms with E-state index < -0.39 is 6.09 Å². The van der Waals surface area contributed by atoms with Gasteiger partial charge in [0.15, 0.2) is 0 Å². The Bertz CT molecular complexity index is 417. The second kappa shape index (κ2) is 7.32. The minimum absolute atomic E-state index is 0.338. The first-order valence-corrected chi connectivity index (χ1v) is 5.75. The highest BCUT2D eigenvalue weighted by Crippen LogP contribution is 2.10. The largest absolute Gasteiger partial charge is 0.465 e. The number of rotatable bonds is 5. The Morgan fingerprint density at radius 3 is 2.67 bits per heavy atom. The highest BCUT2D eigenvalue weighted by Gasteiger charge is 2.10. The van der Waals surface area contributed by atoms with Crippen LogP contribution in [0.1, 0.15) is 22.8 Å². The lowest BCUT2D eigenvalue weighted by molar-refractivity contribution is 0.0599. The zero-order chi connectivity index (χ0) is 13.4. The molecule has 18 heavy (non-hydrogen) atoms. The number of methoxy groups -OCH3 is 1. The quantitative estimate of drug-likeness (QED) is 0.810. The van der Waals surface area contributed by atoms with Gasteiger partial charge in [-0.2, -0.15) is 0 Å². The fourth-order valence-corrected chi connectivity index (χ4v) is 1.53. The number of ether oxygens (including phenoxy) is 2. The molecule has 1 N–H and O–H groups in total. The maximum Gasteiger partial charge on any atom is 0.407 e. The van der Waals surface area contributed by atoms with Gasteiger partial charge in [-0.25, -0.2) is 9.59 Å². The number of carbonyl (C=O) groups is 2. The van der Waals surface area contributed by atoms with E-state index in [-0.39, 0.29) is 5.97 Å². The van der Waals surface area contributed by atoms with Crippen molar-refractivity contribution in [1.29, 1.82) is 0 Å². The molecule has 1 aromatic carbocycles. The molecule has 5 heteroatoms. The van der Waals surface area contributed by atoms with E-state index in [9.17, 15) is 9.59 Å². The molecule has 0 radical (unpaired) electrons. The number of amides is 1. The summed E-state index contributed by atoms with van der Waals surface area (Å²) < 4.78 is 9.43. The Morgan fingerprint density at radius 2 is 2.00 bits per heavy atom. The molecule has 0 heterocycles. The number of alkyl carbamates (subject to hydrolysis) is 1. The molecular weight excluding hydrogens is 234 g/mol. The van der Waals surface area contributed by atoms with Crippen molar-refractivity contribution in [2.75, 3.05) is 20.3 Å². The van der Waals surface area contributed by atoms with Gasteiger partial charge in [-0.3, -0.25) is 0 Å². The number of hydrogen-bond acceptors (Lipinski definition) is 4. The molecule has 1 aromatic rings. The van der Waals surface area contributed by atoms with Crippen molar-refractivity contribution in [3.63, 3.8) is 0 Å². The monoisotopic (exact) mass is 251 g/mol. The highest BCUT2D eigenvalue weighted by molar-refractivity contribution is 5.91. The summed E-state index contributed by atoms with van der Waals surface area (Å²) in [7, 11) is 1.34. The first-order valence-electron chi connectivity index (χ1n) is 5.75. The molecule has 0 aromatic heterocycles. The zero-order valence-corrected chi connectivity index (χ0v) is 10.6. The molecule has 0 bridgehead atoms. The Morgan fingerprint density at radius 1 is 1.28 bits per heavy atom. The van der Waals surface area contributed by atoms with Crippen LogP contribution in [0.25, 0.3) is 0 Å². The van der Waals surface area contributed by atoms with Gasteiger partial charge in [-0.15, -0.1) is 0 Å². The Labute approximate surface area is 106 Å². The standard InChI is InChI=1S/C13H17NO4/c1-3-18-13(16)14-9-8-10-6-4-5-7-11(10)12(15)17-2/h4-7H,3,8-9H2,1-2H3,(H,14,16). The summed E-state index contributed by atoms with van der Waals surface area (Å²) in [6.45, 7) is 2.49. The lowest BCUT2D eigenvalue weighted by Crippen LogP contribution is -2.26. The van der Waals surface area contributed by atoms with Gasteiger partial charge in [0.05, 0.1) is 19.3 Å². The summed E-state index contributed by atoms with van der Waals surface area (Å²) >= 11 is 0. The molecule has 98 valence electrons. The summed E-state index contributed by atoms with van der Waals surface area (Å²) in [6, 6.07) is 7.14. The molecule has 1 rings (SSSR count). The first-order chi connectivity index (χ1) is 8.69. The lowest BCUT2D eigenvalue weighted by Gasteiger charge is -2.08. The van der Waals surface area contributed by atoms with Crippen molar-refractivity contribution < 1.29 is 19.1 Å². The maximum absolute atomic E-state index is 11.5. The molecule has 0 fully saturated rings. The summed E-state index contributed by atoms with van der Waals surface area (Å²) in [5.74, 6) is -0.373. The van der Waals surface area contributed by atoms with E-state index in [4.69, 9.17) is 9.47 Å². The smallest absolute Gasteiger partial charge is 0.407 e. The van der Waals surface area contributed by atoms with Crippen molar-refractivity contribution in [3.05, 3.63) is 35.4 Å². The van der Waals surface area contributed by atoms with Crippen molar-refractivity contribution in [2.45, 2.75) is 13.3 Å². The average molecular weight is 251 g/mol. The third-order valence-electron chi connectivity index (χ3n) is 2.36. The number of benzene rings is 1. The maximum atomic E-state index is 11.5. The van der Waals surface area contributed by atoms with Crippen LogP contribution in [0.15, 0.2) is 24.3 Å². The Kier molecular flexibility index (Phi) is 5.70. The van der Waals surface area contributed by atoms with E-state index in [2.05, 4.69) is 5.32 Å². The van der Waals surface area contributed by atoms with E-state index in [0.29, 0.717) is 25.1 Å². The van der Waals surface area contributed by atoms with Crippen LogP contribution in [0.4, 0.5) is 4.79 Å². The Balaban J connectivity index is 2.57. The van der Waals surface area contributed by atoms with Crippen LogP contribution >= 0.6 is 0 Å². The summed E-state index contributed by atoms with van der Waals surface area (Å²) in [4.78, 5) is 22.6. The van der Waals surface area contributed by atoms with Gasteiger partial charge in [0.25, 0.3) is 0 Å². The zero-order valence-electron chi connectivity index (χ0n) is 10.6. The molecule has 0 aliphatic heterocycles. The molecule has 0 saturated carbocycles.